The van der Waals surface area contributed by atoms with Crippen molar-refractivity contribution >= 4 is 11.3 Å². The largest absolute Gasteiger partial charge is 0.418 e. The molecule has 4 nitrogen and oxygen atoms in total. The van der Waals surface area contributed by atoms with Crippen molar-refractivity contribution in [2.45, 2.75) is 25.9 Å². The van der Waals surface area contributed by atoms with Crippen LogP contribution >= 0.6 is 11.3 Å². The van der Waals surface area contributed by atoms with E-state index < -0.39 is 0 Å². The second-order valence-corrected chi connectivity index (χ2v) is 6.54. The highest BCUT2D eigenvalue weighted by Crippen LogP contribution is 2.29. The lowest BCUT2D eigenvalue weighted by Crippen LogP contribution is -2.33. The molecule has 0 radical (unpaired) electrons. The highest BCUT2D eigenvalue weighted by Gasteiger charge is 2.25. The fourth-order valence-electron chi connectivity index (χ4n) is 2.91. The van der Waals surface area contributed by atoms with Gasteiger partial charge in [-0.15, -0.1) is 21.5 Å². The summed E-state index contributed by atoms with van der Waals surface area (Å²) in [5, 5.41) is 10.5. The summed E-state index contributed by atoms with van der Waals surface area (Å²) in [5.41, 5.74) is 2.86. The van der Waals surface area contributed by atoms with Crippen LogP contribution < -0.4 is 0 Å². The highest BCUT2D eigenvalue weighted by atomic mass is 32.1. The monoisotopic (exact) mass is 311 g/mol. The fraction of sp³-hybridized carbons (Fsp3) is 0.294. The molecule has 0 unspecified atom stereocenters. The first-order valence-corrected chi connectivity index (χ1v) is 8.37. The SMILES string of the molecule is C[C@H](c1nnc(-c2cccs2)o1)N1CCc2ccccc2C1. The minimum Gasteiger partial charge on any atom is -0.418 e. The van der Waals surface area contributed by atoms with Gasteiger partial charge in [0.2, 0.25) is 5.89 Å². The van der Waals surface area contributed by atoms with Crippen molar-refractivity contribution in [2.75, 3.05) is 6.54 Å². The van der Waals surface area contributed by atoms with Crippen LogP contribution in [0.5, 0.6) is 0 Å². The zero-order valence-electron chi connectivity index (χ0n) is 12.4. The van der Waals surface area contributed by atoms with Gasteiger partial charge < -0.3 is 4.42 Å². The lowest BCUT2D eigenvalue weighted by molar-refractivity contribution is 0.167. The Bertz CT molecular complexity index is 766. The maximum Gasteiger partial charge on any atom is 0.257 e. The summed E-state index contributed by atoms with van der Waals surface area (Å²) < 4.78 is 5.88. The number of rotatable bonds is 3. The Morgan fingerprint density at radius 2 is 2.00 bits per heavy atom. The van der Waals surface area contributed by atoms with Crippen LogP contribution in [-0.2, 0) is 13.0 Å². The molecule has 4 rings (SSSR count). The predicted molar refractivity (Wildman–Crippen MR) is 86.6 cm³/mol. The Hall–Kier alpha value is -1.98. The van der Waals surface area contributed by atoms with Crippen LogP contribution in [0, 0.1) is 0 Å². The van der Waals surface area contributed by atoms with Crippen molar-refractivity contribution in [3.8, 4) is 10.8 Å². The molecule has 1 aromatic carbocycles. The molecule has 1 atom stereocenters. The van der Waals surface area contributed by atoms with Crippen LogP contribution in [0.2, 0.25) is 0 Å². The summed E-state index contributed by atoms with van der Waals surface area (Å²) in [4.78, 5) is 3.42. The Balaban J connectivity index is 1.54. The van der Waals surface area contributed by atoms with Crippen LogP contribution in [0.3, 0.4) is 0 Å². The zero-order chi connectivity index (χ0) is 14.9. The van der Waals surface area contributed by atoms with Gasteiger partial charge in [-0.05, 0) is 35.9 Å². The quantitative estimate of drug-likeness (QED) is 0.735. The van der Waals surface area contributed by atoms with E-state index in [4.69, 9.17) is 4.42 Å². The van der Waals surface area contributed by atoms with Crippen LogP contribution in [0.1, 0.15) is 30.0 Å². The van der Waals surface area contributed by atoms with Gasteiger partial charge in [0.05, 0.1) is 10.9 Å². The molecule has 5 heteroatoms. The Morgan fingerprint density at radius 3 is 2.82 bits per heavy atom. The number of hydrogen-bond acceptors (Lipinski definition) is 5. The molecular weight excluding hydrogens is 294 g/mol. The summed E-state index contributed by atoms with van der Waals surface area (Å²) >= 11 is 1.62. The van der Waals surface area contributed by atoms with Gasteiger partial charge >= 0.3 is 0 Å². The molecule has 0 N–H and O–H groups in total. The molecule has 0 aliphatic carbocycles. The maximum absolute atomic E-state index is 5.88. The molecule has 0 amide bonds. The summed E-state index contributed by atoms with van der Waals surface area (Å²) in [7, 11) is 0. The second kappa shape index (κ2) is 5.66. The molecule has 1 aliphatic heterocycles. The van der Waals surface area contributed by atoms with Crippen LogP contribution in [0.4, 0.5) is 0 Å². The molecule has 0 saturated carbocycles. The molecule has 2 aromatic heterocycles. The third-order valence-corrected chi connectivity index (χ3v) is 5.10. The van der Waals surface area contributed by atoms with E-state index in [0.717, 1.165) is 24.4 Å². The third kappa shape index (κ3) is 2.46. The molecule has 112 valence electrons. The van der Waals surface area contributed by atoms with Crippen molar-refractivity contribution in [1.29, 1.82) is 0 Å². The first kappa shape index (κ1) is 13.7. The standard InChI is InChI=1S/C17H17N3OS/c1-12(16-18-19-17(21-16)15-7-4-10-22-15)20-9-8-13-5-2-3-6-14(13)11-20/h2-7,10,12H,8-9,11H2,1H3/t12-/m1/s1. The number of hydrogen-bond donors (Lipinski definition) is 0. The van der Waals surface area contributed by atoms with E-state index in [-0.39, 0.29) is 6.04 Å². The van der Waals surface area contributed by atoms with E-state index >= 15 is 0 Å². The van der Waals surface area contributed by atoms with Crippen LogP contribution in [0.15, 0.2) is 46.2 Å². The molecule has 1 aliphatic rings. The predicted octanol–water partition coefficient (Wildman–Crippen LogP) is 3.92. The average Bonchev–Trinajstić information content (AvgIpc) is 3.24. The molecule has 0 spiro atoms. The smallest absolute Gasteiger partial charge is 0.257 e. The van der Waals surface area contributed by atoms with Gasteiger partial charge in [-0.3, -0.25) is 4.90 Å². The minimum atomic E-state index is 0.134. The normalized spacial score (nSPS) is 16.4. The molecule has 0 saturated heterocycles. The summed E-state index contributed by atoms with van der Waals surface area (Å²) in [6.07, 6.45) is 1.08. The number of nitrogens with zero attached hydrogens (tertiary/aromatic N) is 3. The van der Waals surface area contributed by atoms with E-state index in [2.05, 4.69) is 46.3 Å². The Morgan fingerprint density at radius 1 is 1.14 bits per heavy atom. The van der Waals surface area contributed by atoms with Gasteiger partial charge in [-0.2, -0.15) is 0 Å². The second-order valence-electron chi connectivity index (χ2n) is 5.59. The lowest BCUT2D eigenvalue weighted by Gasteiger charge is -2.31. The van der Waals surface area contributed by atoms with Gasteiger partial charge in [0.1, 0.15) is 0 Å². The van der Waals surface area contributed by atoms with Gasteiger partial charge in [0.15, 0.2) is 0 Å². The molecular formula is C17H17N3OS. The van der Waals surface area contributed by atoms with Crippen molar-refractivity contribution in [2.24, 2.45) is 0 Å². The molecule has 0 bridgehead atoms. The van der Waals surface area contributed by atoms with Gasteiger partial charge in [0.25, 0.3) is 5.89 Å². The number of fused-ring (bicyclic) bond motifs is 1. The summed E-state index contributed by atoms with van der Waals surface area (Å²) in [6.45, 7) is 4.10. The van der Waals surface area contributed by atoms with Gasteiger partial charge in [-0.25, -0.2) is 0 Å². The van der Waals surface area contributed by atoms with Gasteiger partial charge in [0, 0.05) is 13.1 Å². The van der Waals surface area contributed by atoms with E-state index in [1.54, 1.807) is 11.3 Å². The van der Waals surface area contributed by atoms with E-state index in [1.165, 1.54) is 11.1 Å². The first-order valence-electron chi connectivity index (χ1n) is 7.49. The maximum atomic E-state index is 5.88. The average molecular weight is 311 g/mol. The Kier molecular flexibility index (Phi) is 3.52. The van der Waals surface area contributed by atoms with Crippen molar-refractivity contribution < 1.29 is 4.42 Å². The van der Waals surface area contributed by atoms with E-state index in [1.807, 2.05) is 17.5 Å². The molecule has 3 aromatic rings. The van der Waals surface area contributed by atoms with Crippen molar-refractivity contribution in [1.82, 2.24) is 15.1 Å². The Labute approximate surface area is 133 Å². The third-order valence-electron chi connectivity index (χ3n) is 4.24. The van der Waals surface area contributed by atoms with Gasteiger partial charge in [-0.1, -0.05) is 30.3 Å². The summed E-state index contributed by atoms with van der Waals surface area (Å²) in [6, 6.07) is 12.8. The fourth-order valence-corrected chi connectivity index (χ4v) is 3.55. The summed E-state index contributed by atoms with van der Waals surface area (Å²) in [5.74, 6) is 1.32. The van der Waals surface area contributed by atoms with Crippen LogP contribution in [-0.4, -0.2) is 21.6 Å². The molecule has 3 heterocycles. The number of thiophene rings is 1. The molecule has 0 fully saturated rings. The van der Waals surface area contributed by atoms with Crippen molar-refractivity contribution in [3.05, 3.63) is 58.8 Å². The van der Waals surface area contributed by atoms with E-state index in [0.29, 0.717) is 11.8 Å². The van der Waals surface area contributed by atoms with E-state index in [9.17, 15) is 0 Å². The number of benzene rings is 1. The minimum absolute atomic E-state index is 0.134. The first-order chi connectivity index (χ1) is 10.8. The number of aromatic nitrogens is 2. The zero-order valence-corrected chi connectivity index (χ0v) is 13.2. The van der Waals surface area contributed by atoms with Crippen LogP contribution in [0.25, 0.3) is 10.8 Å². The highest BCUT2D eigenvalue weighted by molar-refractivity contribution is 7.13. The lowest BCUT2D eigenvalue weighted by atomic mass is 9.99. The molecule has 22 heavy (non-hydrogen) atoms. The van der Waals surface area contributed by atoms with Crippen molar-refractivity contribution in [3.63, 3.8) is 0 Å². The topological polar surface area (TPSA) is 42.2 Å².